The molecule has 2 rings (SSSR count). The summed E-state index contributed by atoms with van der Waals surface area (Å²) in [5.41, 5.74) is 1.88. The summed E-state index contributed by atoms with van der Waals surface area (Å²) in [5, 5.41) is 3.29. The molecule has 0 spiro atoms. The Bertz CT molecular complexity index is 542. The molecule has 0 saturated heterocycles. The van der Waals surface area contributed by atoms with Crippen LogP contribution in [0.3, 0.4) is 0 Å². The fourth-order valence-corrected chi connectivity index (χ4v) is 3.32. The molecule has 1 atom stereocenters. The van der Waals surface area contributed by atoms with Crippen LogP contribution in [-0.2, 0) is 6.54 Å². The van der Waals surface area contributed by atoms with Crippen LogP contribution in [0.5, 0.6) is 0 Å². The highest BCUT2D eigenvalue weighted by molar-refractivity contribution is 7.20. The zero-order valence-corrected chi connectivity index (χ0v) is 12.0. The van der Waals surface area contributed by atoms with E-state index in [4.69, 9.17) is 23.2 Å². The maximum atomic E-state index is 13.0. The molecule has 0 bridgehead atoms. The molecule has 5 heteroatoms. The van der Waals surface area contributed by atoms with E-state index in [1.807, 2.05) is 19.1 Å². The summed E-state index contributed by atoms with van der Waals surface area (Å²) in [6, 6.07) is 8.46. The molecule has 0 fully saturated rings. The van der Waals surface area contributed by atoms with Gasteiger partial charge >= 0.3 is 0 Å². The minimum Gasteiger partial charge on any atom is -0.306 e. The molecule has 0 amide bonds. The number of hydrogen-bond donors (Lipinski definition) is 1. The molecule has 0 aliphatic heterocycles. The minimum atomic E-state index is -0.224. The fraction of sp³-hybridized carbons (Fsp3) is 0.231. The molecule has 0 aliphatic carbocycles. The summed E-state index contributed by atoms with van der Waals surface area (Å²) in [5.74, 6) is -0.224. The van der Waals surface area contributed by atoms with Gasteiger partial charge in [-0.15, -0.1) is 11.3 Å². The molecule has 2 aromatic rings. The third kappa shape index (κ3) is 3.45. The molecule has 18 heavy (non-hydrogen) atoms. The fourth-order valence-electron chi connectivity index (χ4n) is 1.68. The van der Waals surface area contributed by atoms with Crippen molar-refractivity contribution in [3.63, 3.8) is 0 Å². The molecule has 1 N–H and O–H groups in total. The summed E-state index contributed by atoms with van der Waals surface area (Å²) in [7, 11) is 0. The highest BCUT2D eigenvalue weighted by atomic mass is 35.5. The van der Waals surface area contributed by atoms with Crippen molar-refractivity contribution in [2.75, 3.05) is 0 Å². The molecule has 1 heterocycles. The van der Waals surface area contributed by atoms with Gasteiger partial charge in [-0.3, -0.25) is 0 Å². The summed E-state index contributed by atoms with van der Waals surface area (Å²) in [6.45, 7) is 2.59. The predicted molar refractivity (Wildman–Crippen MR) is 76.0 cm³/mol. The first-order valence-corrected chi connectivity index (χ1v) is 7.06. The third-order valence-electron chi connectivity index (χ3n) is 2.65. The van der Waals surface area contributed by atoms with Crippen LogP contribution in [0.15, 0.2) is 30.3 Å². The van der Waals surface area contributed by atoms with E-state index in [1.165, 1.54) is 23.5 Å². The Hall–Kier alpha value is -0.610. The molecule has 96 valence electrons. The van der Waals surface area contributed by atoms with Crippen LogP contribution in [0.25, 0.3) is 0 Å². The second-order valence-corrected chi connectivity index (χ2v) is 6.30. The summed E-state index contributed by atoms with van der Waals surface area (Å²) >= 11 is 13.3. The van der Waals surface area contributed by atoms with Crippen molar-refractivity contribution < 1.29 is 4.39 Å². The van der Waals surface area contributed by atoms with E-state index in [0.717, 1.165) is 11.1 Å². The molecular weight excluding hydrogens is 292 g/mol. The number of rotatable bonds is 4. The average molecular weight is 304 g/mol. The van der Waals surface area contributed by atoms with Gasteiger partial charge in [-0.1, -0.05) is 35.3 Å². The van der Waals surface area contributed by atoms with Crippen molar-refractivity contribution in [3.05, 3.63) is 55.9 Å². The lowest BCUT2D eigenvalue weighted by Crippen LogP contribution is -2.17. The van der Waals surface area contributed by atoms with Gasteiger partial charge in [0.1, 0.15) is 5.82 Å². The second-order valence-electron chi connectivity index (χ2n) is 4.01. The van der Waals surface area contributed by atoms with E-state index in [0.29, 0.717) is 15.2 Å². The number of benzene rings is 1. The number of hydrogen-bond acceptors (Lipinski definition) is 2. The monoisotopic (exact) mass is 303 g/mol. The van der Waals surface area contributed by atoms with Gasteiger partial charge in [0.05, 0.1) is 8.67 Å². The SMILES string of the molecule is CC(NCc1cccc(F)c1)c1cc(Cl)sc1Cl. The van der Waals surface area contributed by atoms with Crippen molar-refractivity contribution in [1.82, 2.24) is 5.32 Å². The van der Waals surface area contributed by atoms with Crippen LogP contribution < -0.4 is 5.32 Å². The van der Waals surface area contributed by atoms with Crippen molar-refractivity contribution >= 4 is 34.5 Å². The molecule has 1 unspecified atom stereocenters. The largest absolute Gasteiger partial charge is 0.306 e. The number of nitrogens with one attached hydrogen (secondary N) is 1. The zero-order valence-electron chi connectivity index (χ0n) is 9.71. The summed E-state index contributed by atoms with van der Waals surface area (Å²) in [6.07, 6.45) is 0. The van der Waals surface area contributed by atoms with Gasteiger partial charge in [-0.2, -0.15) is 0 Å². The zero-order chi connectivity index (χ0) is 13.1. The quantitative estimate of drug-likeness (QED) is 0.834. The molecular formula is C13H12Cl2FNS. The molecule has 0 aliphatic rings. The summed E-state index contributed by atoms with van der Waals surface area (Å²) < 4.78 is 14.4. The highest BCUT2D eigenvalue weighted by Gasteiger charge is 2.12. The van der Waals surface area contributed by atoms with Gasteiger partial charge in [0.2, 0.25) is 0 Å². The third-order valence-corrected chi connectivity index (χ3v) is 4.17. The van der Waals surface area contributed by atoms with Crippen LogP contribution in [-0.4, -0.2) is 0 Å². The van der Waals surface area contributed by atoms with Gasteiger partial charge in [0.25, 0.3) is 0 Å². The van der Waals surface area contributed by atoms with Gasteiger partial charge in [0, 0.05) is 12.6 Å². The molecule has 0 radical (unpaired) electrons. The standard InChI is InChI=1S/C13H12Cl2FNS/c1-8(11-6-12(14)18-13(11)15)17-7-9-3-2-4-10(16)5-9/h2-6,8,17H,7H2,1H3. The van der Waals surface area contributed by atoms with Gasteiger partial charge < -0.3 is 5.32 Å². The maximum absolute atomic E-state index is 13.0. The Morgan fingerprint density at radius 3 is 2.72 bits per heavy atom. The number of thiophene rings is 1. The van der Waals surface area contributed by atoms with E-state index < -0.39 is 0 Å². The Balaban J connectivity index is 2.00. The maximum Gasteiger partial charge on any atom is 0.123 e. The first-order valence-electron chi connectivity index (χ1n) is 5.49. The van der Waals surface area contributed by atoms with Gasteiger partial charge in [-0.05, 0) is 36.2 Å². The molecule has 0 saturated carbocycles. The molecule has 1 aromatic heterocycles. The Kier molecular flexibility index (Phi) is 4.62. The van der Waals surface area contributed by atoms with E-state index in [2.05, 4.69) is 5.32 Å². The summed E-state index contributed by atoms with van der Waals surface area (Å²) in [4.78, 5) is 0. The van der Waals surface area contributed by atoms with Crippen LogP contribution in [0.4, 0.5) is 4.39 Å². The van der Waals surface area contributed by atoms with E-state index in [9.17, 15) is 4.39 Å². The highest BCUT2D eigenvalue weighted by Crippen LogP contribution is 2.34. The smallest absolute Gasteiger partial charge is 0.123 e. The van der Waals surface area contributed by atoms with E-state index in [-0.39, 0.29) is 11.9 Å². The van der Waals surface area contributed by atoms with Gasteiger partial charge in [-0.25, -0.2) is 4.39 Å². The first-order chi connectivity index (χ1) is 8.56. The Morgan fingerprint density at radius 2 is 2.11 bits per heavy atom. The lowest BCUT2D eigenvalue weighted by molar-refractivity contribution is 0.571. The van der Waals surface area contributed by atoms with Crippen LogP contribution in [0, 0.1) is 5.82 Å². The van der Waals surface area contributed by atoms with E-state index in [1.54, 1.807) is 6.07 Å². The Labute approximate surface area is 120 Å². The predicted octanol–water partition coefficient (Wildman–Crippen LogP) is 5.04. The molecule has 1 aromatic carbocycles. The first kappa shape index (κ1) is 13.8. The molecule has 1 nitrogen and oxygen atoms in total. The topological polar surface area (TPSA) is 12.0 Å². The lowest BCUT2D eigenvalue weighted by Gasteiger charge is -2.13. The lowest BCUT2D eigenvalue weighted by atomic mass is 10.1. The van der Waals surface area contributed by atoms with Crippen molar-refractivity contribution in [1.29, 1.82) is 0 Å². The van der Waals surface area contributed by atoms with Crippen LogP contribution in [0.2, 0.25) is 8.67 Å². The normalized spacial score (nSPS) is 12.7. The average Bonchev–Trinajstić information content (AvgIpc) is 2.66. The van der Waals surface area contributed by atoms with Crippen molar-refractivity contribution in [3.8, 4) is 0 Å². The van der Waals surface area contributed by atoms with Crippen molar-refractivity contribution in [2.45, 2.75) is 19.5 Å². The minimum absolute atomic E-state index is 0.0736. The van der Waals surface area contributed by atoms with Crippen LogP contribution in [0.1, 0.15) is 24.1 Å². The van der Waals surface area contributed by atoms with Crippen molar-refractivity contribution in [2.24, 2.45) is 0 Å². The Morgan fingerprint density at radius 1 is 1.33 bits per heavy atom. The second kappa shape index (κ2) is 6.02. The van der Waals surface area contributed by atoms with Gasteiger partial charge in [0.15, 0.2) is 0 Å². The van der Waals surface area contributed by atoms with E-state index >= 15 is 0 Å². The number of halogens is 3. The van der Waals surface area contributed by atoms with Crippen LogP contribution >= 0.6 is 34.5 Å².